The van der Waals surface area contributed by atoms with Crippen LogP contribution in [0.2, 0.25) is 15.1 Å². The summed E-state index contributed by atoms with van der Waals surface area (Å²) in [6, 6.07) is 9.08. The quantitative estimate of drug-likeness (QED) is 0.629. The molecule has 1 heterocycles. The van der Waals surface area contributed by atoms with Crippen LogP contribution in [-0.2, 0) is 0 Å². The topological polar surface area (TPSA) is 68.5 Å². The van der Waals surface area contributed by atoms with Crippen LogP contribution in [-0.4, -0.2) is 13.0 Å². The standard InChI is InChI=1S/C17H10Cl3NO4/c1-24-14-3-2-9(18)7-13(14)21-16(22)11-5-8-4-10(19)6-12(20)15(8)25-17(11)23/h2-7H,1H3,(H,21,22). The van der Waals surface area contributed by atoms with Gasteiger partial charge in [0.25, 0.3) is 5.91 Å². The molecule has 128 valence electrons. The van der Waals surface area contributed by atoms with E-state index in [0.717, 1.165) is 0 Å². The maximum absolute atomic E-state index is 12.5. The van der Waals surface area contributed by atoms with Crippen molar-refractivity contribution in [1.29, 1.82) is 0 Å². The zero-order chi connectivity index (χ0) is 18.1. The van der Waals surface area contributed by atoms with Gasteiger partial charge in [0.15, 0.2) is 5.58 Å². The van der Waals surface area contributed by atoms with Crippen LogP contribution >= 0.6 is 34.8 Å². The van der Waals surface area contributed by atoms with E-state index in [1.54, 1.807) is 18.2 Å². The normalized spacial score (nSPS) is 10.7. The molecule has 5 nitrogen and oxygen atoms in total. The van der Waals surface area contributed by atoms with Crippen LogP contribution in [0.15, 0.2) is 45.6 Å². The summed E-state index contributed by atoms with van der Waals surface area (Å²) < 4.78 is 10.3. The van der Waals surface area contributed by atoms with Crippen molar-refractivity contribution in [3.8, 4) is 5.75 Å². The Kier molecular flexibility index (Phi) is 4.90. The highest BCUT2D eigenvalue weighted by molar-refractivity contribution is 6.38. The van der Waals surface area contributed by atoms with Gasteiger partial charge in [-0.1, -0.05) is 34.8 Å². The van der Waals surface area contributed by atoms with Crippen molar-refractivity contribution in [3.05, 3.63) is 67.4 Å². The Bertz CT molecular complexity index is 1050. The van der Waals surface area contributed by atoms with Crippen molar-refractivity contribution in [2.24, 2.45) is 0 Å². The molecule has 8 heteroatoms. The number of halogens is 3. The van der Waals surface area contributed by atoms with Crippen LogP contribution < -0.4 is 15.7 Å². The number of rotatable bonds is 3. The van der Waals surface area contributed by atoms with E-state index in [4.69, 9.17) is 44.0 Å². The van der Waals surface area contributed by atoms with E-state index >= 15 is 0 Å². The highest BCUT2D eigenvalue weighted by Crippen LogP contribution is 2.29. The van der Waals surface area contributed by atoms with Crippen molar-refractivity contribution in [3.63, 3.8) is 0 Å². The van der Waals surface area contributed by atoms with Crippen LogP contribution in [0.3, 0.4) is 0 Å². The van der Waals surface area contributed by atoms with Crippen molar-refractivity contribution >= 4 is 57.4 Å². The summed E-state index contributed by atoms with van der Waals surface area (Å²) in [5.74, 6) is -0.277. The summed E-state index contributed by atoms with van der Waals surface area (Å²) in [7, 11) is 1.45. The molecule has 0 aliphatic carbocycles. The molecule has 0 saturated heterocycles. The summed E-state index contributed by atoms with van der Waals surface area (Å²) in [6.07, 6.45) is 0. The smallest absolute Gasteiger partial charge is 0.349 e. The molecule has 0 bridgehead atoms. The van der Waals surface area contributed by atoms with Gasteiger partial charge >= 0.3 is 5.63 Å². The molecule has 2 aromatic carbocycles. The second kappa shape index (κ2) is 6.96. The van der Waals surface area contributed by atoms with Crippen molar-refractivity contribution in [2.45, 2.75) is 0 Å². The third-order valence-electron chi connectivity index (χ3n) is 3.41. The van der Waals surface area contributed by atoms with Gasteiger partial charge in [0, 0.05) is 15.4 Å². The third kappa shape index (κ3) is 3.58. The molecule has 1 aromatic heterocycles. The molecule has 1 amide bonds. The zero-order valence-electron chi connectivity index (χ0n) is 12.7. The number of methoxy groups -OCH3 is 1. The molecule has 0 fully saturated rings. The predicted octanol–water partition coefficient (Wildman–Crippen LogP) is 5.01. The highest BCUT2D eigenvalue weighted by atomic mass is 35.5. The molecule has 0 atom stereocenters. The van der Waals surface area contributed by atoms with E-state index < -0.39 is 11.5 Å². The molecular weight excluding hydrogens is 389 g/mol. The number of hydrogen-bond acceptors (Lipinski definition) is 4. The molecule has 0 saturated carbocycles. The Morgan fingerprint density at radius 2 is 1.84 bits per heavy atom. The Labute approximate surface area is 157 Å². The first kappa shape index (κ1) is 17.6. The summed E-state index contributed by atoms with van der Waals surface area (Å²) in [5, 5.41) is 3.95. The van der Waals surface area contributed by atoms with Crippen molar-refractivity contribution in [1.82, 2.24) is 0 Å². The zero-order valence-corrected chi connectivity index (χ0v) is 15.0. The maximum atomic E-state index is 12.5. The monoisotopic (exact) mass is 397 g/mol. The molecule has 0 aliphatic heterocycles. The van der Waals surface area contributed by atoms with Gasteiger partial charge in [0.1, 0.15) is 11.3 Å². The first-order valence-electron chi connectivity index (χ1n) is 6.97. The van der Waals surface area contributed by atoms with Gasteiger partial charge in [0.2, 0.25) is 0 Å². The van der Waals surface area contributed by atoms with E-state index in [0.29, 0.717) is 26.9 Å². The van der Waals surface area contributed by atoms with Gasteiger partial charge in [0.05, 0.1) is 17.8 Å². The highest BCUT2D eigenvalue weighted by Gasteiger charge is 2.17. The molecule has 25 heavy (non-hydrogen) atoms. The Morgan fingerprint density at radius 3 is 2.56 bits per heavy atom. The molecule has 0 aliphatic rings. The van der Waals surface area contributed by atoms with Gasteiger partial charge < -0.3 is 14.5 Å². The number of hydrogen-bond donors (Lipinski definition) is 1. The lowest BCUT2D eigenvalue weighted by Gasteiger charge is -2.10. The van der Waals surface area contributed by atoms with E-state index in [2.05, 4.69) is 5.32 Å². The molecule has 3 aromatic rings. The number of nitrogens with one attached hydrogen (secondary N) is 1. The number of anilines is 1. The molecule has 0 radical (unpaired) electrons. The van der Waals surface area contributed by atoms with Crippen molar-refractivity contribution < 1.29 is 13.9 Å². The van der Waals surface area contributed by atoms with E-state index in [-0.39, 0.29) is 16.2 Å². The number of carbonyl (C=O) groups excluding carboxylic acids is 1. The fraction of sp³-hybridized carbons (Fsp3) is 0.0588. The van der Waals surface area contributed by atoms with Crippen LogP contribution in [0.5, 0.6) is 5.75 Å². The summed E-state index contributed by atoms with van der Waals surface area (Å²) in [5.41, 5.74) is -0.542. The lowest BCUT2D eigenvalue weighted by atomic mass is 10.1. The Balaban J connectivity index is 2.04. The van der Waals surface area contributed by atoms with Crippen LogP contribution in [0.25, 0.3) is 11.0 Å². The summed E-state index contributed by atoms with van der Waals surface area (Å²) in [6.45, 7) is 0. The van der Waals surface area contributed by atoms with Gasteiger partial charge in [-0.25, -0.2) is 4.79 Å². The first-order valence-corrected chi connectivity index (χ1v) is 8.10. The Hall–Kier alpha value is -2.21. The van der Waals surface area contributed by atoms with Gasteiger partial charge in [-0.15, -0.1) is 0 Å². The average Bonchev–Trinajstić information content (AvgIpc) is 2.55. The van der Waals surface area contributed by atoms with E-state index in [1.807, 2.05) is 0 Å². The second-order valence-corrected chi connectivity index (χ2v) is 6.33. The fourth-order valence-corrected chi connectivity index (χ4v) is 3.00. The van der Waals surface area contributed by atoms with E-state index in [9.17, 15) is 9.59 Å². The third-order valence-corrected chi connectivity index (χ3v) is 4.14. The summed E-state index contributed by atoms with van der Waals surface area (Å²) in [4.78, 5) is 24.6. The minimum absolute atomic E-state index is 0.160. The Morgan fingerprint density at radius 1 is 1.08 bits per heavy atom. The second-order valence-electron chi connectivity index (χ2n) is 5.05. The van der Waals surface area contributed by atoms with Gasteiger partial charge in [-0.05, 0) is 36.4 Å². The summed E-state index contributed by atoms with van der Waals surface area (Å²) >= 11 is 17.9. The van der Waals surface area contributed by atoms with Gasteiger partial charge in [-0.3, -0.25) is 4.79 Å². The van der Waals surface area contributed by atoms with E-state index in [1.165, 1.54) is 25.3 Å². The number of ether oxygens (including phenoxy) is 1. The largest absolute Gasteiger partial charge is 0.495 e. The van der Waals surface area contributed by atoms with Crippen LogP contribution in [0.1, 0.15) is 10.4 Å². The minimum atomic E-state index is -0.824. The van der Waals surface area contributed by atoms with Crippen molar-refractivity contribution in [2.75, 3.05) is 12.4 Å². The number of amides is 1. The molecule has 3 rings (SSSR count). The first-order chi connectivity index (χ1) is 11.9. The maximum Gasteiger partial charge on any atom is 0.349 e. The number of benzene rings is 2. The number of carbonyl (C=O) groups is 1. The average molecular weight is 399 g/mol. The lowest BCUT2D eigenvalue weighted by molar-refractivity contribution is 0.102. The molecule has 1 N–H and O–H groups in total. The van der Waals surface area contributed by atoms with Crippen LogP contribution in [0.4, 0.5) is 5.69 Å². The van der Waals surface area contributed by atoms with Gasteiger partial charge in [-0.2, -0.15) is 0 Å². The minimum Gasteiger partial charge on any atom is -0.495 e. The number of fused-ring (bicyclic) bond motifs is 1. The molecular formula is C17H10Cl3NO4. The van der Waals surface area contributed by atoms with Crippen LogP contribution in [0, 0.1) is 0 Å². The molecule has 0 spiro atoms. The lowest BCUT2D eigenvalue weighted by Crippen LogP contribution is -2.21. The molecule has 0 unspecified atom stereocenters. The SMILES string of the molecule is COc1ccc(Cl)cc1NC(=O)c1cc2cc(Cl)cc(Cl)c2oc1=O. The predicted molar refractivity (Wildman–Crippen MR) is 98.5 cm³/mol. The fourth-order valence-electron chi connectivity index (χ4n) is 2.28.